The Morgan fingerprint density at radius 1 is 1.17 bits per heavy atom. The highest BCUT2D eigenvalue weighted by Gasteiger charge is 2.46. The van der Waals surface area contributed by atoms with Crippen LogP contribution in [0.2, 0.25) is 0 Å². The van der Waals surface area contributed by atoms with E-state index in [2.05, 4.69) is 18.7 Å². The number of hydrogen-bond acceptors (Lipinski definition) is 2. The molecular weight excluding hydrogens is 226 g/mol. The van der Waals surface area contributed by atoms with Crippen LogP contribution in [0.25, 0.3) is 0 Å². The number of aliphatic carboxylic acids is 1. The summed E-state index contributed by atoms with van der Waals surface area (Å²) in [5, 5.41) is 9.76. The fourth-order valence-corrected chi connectivity index (χ4v) is 3.83. The third-order valence-electron chi connectivity index (χ3n) is 5.15. The van der Waals surface area contributed by atoms with Crippen molar-refractivity contribution in [1.82, 2.24) is 4.90 Å². The third-order valence-corrected chi connectivity index (χ3v) is 5.15. The van der Waals surface area contributed by atoms with Gasteiger partial charge in [-0.15, -0.1) is 0 Å². The van der Waals surface area contributed by atoms with Crippen LogP contribution >= 0.6 is 0 Å². The van der Waals surface area contributed by atoms with Gasteiger partial charge in [0.05, 0.1) is 0 Å². The Balaban J connectivity index is 2.13. The molecule has 1 heterocycles. The van der Waals surface area contributed by atoms with Gasteiger partial charge in [-0.05, 0) is 57.0 Å². The molecule has 0 radical (unpaired) electrons. The van der Waals surface area contributed by atoms with Gasteiger partial charge in [0.2, 0.25) is 0 Å². The number of rotatable bonds is 3. The first-order chi connectivity index (χ1) is 8.56. The van der Waals surface area contributed by atoms with E-state index in [-0.39, 0.29) is 0 Å². The molecule has 2 aliphatic rings. The lowest BCUT2D eigenvalue weighted by atomic mass is 9.85. The Kier molecular flexibility index (Phi) is 4.31. The maximum Gasteiger partial charge on any atom is 0.324 e. The van der Waals surface area contributed by atoms with Gasteiger partial charge in [0.1, 0.15) is 5.54 Å². The molecule has 104 valence electrons. The first kappa shape index (κ1) is 13.9. The first-order valence-corrected chi connectivity index (χ1v) is 7.55. The van der Waals surface area contributed by atoms with E-state index in [1.54, 1.807) is 0 Å². The van der Waals surface area contributed by atoms with Crippen LogP contribution in [-0.2, 0) is 4.79 Å². The van der Waals surface area contributed by atoms with Crippen molar-refractivity contribution in [3.63, 3.8) is 0 Å². The van der Waals surface area contributed by atoms with Crippen LogP contribution in [0.5, 0.6) is 0 Å². The number of carboxylic acids is 1. The highest BCUT2D eigenvalue weighted by molar-refractivity contribution is 5.79. The molecule has 3 heteroatoms. The molecular formula is C15H27NO2. The Morgan fingerprint density at radius 3 is 2.39 bits per heavy atom. The topological polar surface area (TPSA) is 40.5 Å². The van der Waals surface area contributed by atoms with Gasteiger partial charge in [-0.2, -0.15) is 0 Å². The largest absolute Gasteiger partial charge is 0.480 e. The summed E-state index contributed by atoms with van der Waals surface area (Å²) in [6.45, 7) is 6.51. The van der Waals surface area contributed by atoms with Crippen LogP contribution in [0, 0.1) is 11.8 Å². The summed E-state index contributed by atoms with van der Waals surface area (Å²) in [5.74, 6) is 0.829. The van der Waals surface area contributed by atoms with E-state index in [0.717, 1.165) is 38.8 Å². The zero-order valence-electron chi connectivity index (χ0n) is 11.8. The standard InChI is InChI=1S/C15H27NO2/c1-12(2)13-6-5-8-15(9-7-13,14(17)18)16-10-3-4-11-16/h12-13H,3-11H2,1-2H3,(H,17,18). The fourth-order valence-electron chi connectivity index (χ4n) is 3.83. The van der Waals surface area contributed by atoms with Crippen molar-refractivity contribution in [2.24, 2.45) is 11.8 Å². The molecule has 2 unspecified atom stereocenters. The smallest absolute Gasteiger partial charge is 0.324 e. The van der Waals surface area contributed by atoms with Crippen LogP contribution in [0.1, 0.15) is 58.8 Å². The van der Waals surface area contributed by atoms with Gasteiger partial charge in [-0.1, -0.05) is 26.7 Å². The zero-order valence-corrected chi connectivity index (χ0v) is 11.8. The molecule has 0 aromatic rings. The lowest BCUT2D eigenvalue weighted by Gasteiger charge is -2.37. The lowest BCUT2D eigenvalue weighted by molar-refractivity contribution is -0.152. The minimum atomic E-state index is -0.575. The molecule has 1 N–H and O–H groups in total. The number of carboxylic acid groups (broad SMARTS) is 1. The third kappa shape index (κ3) is 2.56. The maximum absolute atomic E-state index is 11.9. The monoisotopic (exact) mass is 253 g/mol. The summed E-state index contributed by atoms with van der Waals surface area (Å²) in [6, 6.07) is 0. The second kappa shape index (κ2) is 5.60. The number of likely N-dealkylation sites (tertiary alicyclic amines) is 1. The summed E-state index contributed by atoms with van der Waals surface area (Å²) in [5.41, 5.74) is -0.542. The van der Waals surface area contributed by atoms with Crippen LogP contribution in [0.15, 0.2) is 0 Å². The normalized spacial score (nSPS) is 34.7. The Labute approximate surface area is 111 Å². The van der Waals surface area contributed by atoms with Gasteiger partial charge in [-0.3, -0.25) is 9.69 Å². The van der Waals surface area contributed by atoms with E-state index >= 15 is 0 Å². The first-order valence-electron chi connectivity index (χ1n) is 7.55. The molecule has 1 saturated carbocycles. The van der Waals surface area contributed by atoms with Crippen LogP contribution in [0.4, 0.5) is 0 Å². The van der Waals surface area contributed by atoms with Crippen LogP contribution < -0.4 is 0 Å². The van der Waals surface area contributed by atoms with Crippen molar-refractivity contribution in [1.29, 1.82) is 0 Å². The molecule has 2 rings (SSSR count). The highest BCUT2D eigenvalue weighted by atomic mass is 16.4. The van der Waals surface area contributed by atoms with Gasteiger partial charge >= 0.3 is 5.97 Å². The number of hydrogen-bond donors (Lipinski definition) is 1. The summed E-state index contributed by atoms with van der Waals surface area (Å²) >= 11 is 0. The second-order valence-electron chi connectivity index (χ2n) is 6.47. The SMILES string of the molecule is CC(C)C1CCCC(C(=O)O)(N2CCCC2)CC1. The van der Waals surface area contributed by atoms with Crippen molar-refractivity contribution < 1.29 is 9.90 Å². The summed E-state index contributed by atoms with van der Waals surface area (Å²) in [6.07, 6.45) is 7.41. The van der Waals surface area contributed by atoms with Crippen LogP contribution in [0.3, 0.4) is 0 Å². The highest BCUT2D eigenvalue weighted by Crippen LogP contribution is 2.39. The molecule has 3 nitrogen and oxygen atoms in total. The minimum Gasteiger partial charge on any atom is -0.480 e. The second-order valence-corrected chi connectivity index (χ2v) is 6.47. The predicted octanol–water partition coefficient (Wildman–Crippen LogP) is 3.14. The Hall–Kier alpha value is -0.570. The minimum absolute atomic E-state index is 0.542. The molecule has 1 saturated heterocycles. The Morgan fingerprint density at radius 2 is 1.83 bits per heavy atom. The summed E-state index contributed by atoms with van der Waals surface area (Å²) < 4.78 is 0. The molecule has 0 spiro atoms. The van der Waals surface area contributed by atoms with E-state index < -0.39 is 11.5 Å². The van der Waals surface area contributed by atoms with E-state index in [4.69, 9.17) is 0 Å². The van der Waals surface area contributed by atoms with E-state index in [1.165, 1.54) is 19.3 Å². The van der Waals surface area contributed by atoms with E-state index in [1.807, 2.05) is 0 Å². The zero-order chi connectivity index (χ0) is 13.2. The van der Waals surface area contributed by atoms with Gasteiger partial charge < -0.3 is 5.11 Å². The van der Waals surface area contributed by atoms with Crippen LogP contribution in [-0.4, -0.2) is 34.6 Å². The summed E-state index contributed by atoms with van der Waals surface area (Å²) in [7, 11) is 0. The van der Waals surface area contributed by atoms with Gasteiger partial charge in [0, 0.05) is 0 Å². The fraction of sp³-hybridized carbons (Fsp3) is 0.933. The molecule has 0 amide bonds. The van der Waals surface area contributed by atoms with E-state index in [0.29, 0.717) is 11.8 Å². The molecule has 1 aliphatic carbocycles. The van der Waals surface area contributed by atoms with Gasteiger partial charge in [0.15, 0.2) is 0 Å². The average Bonchev–Trinajstić information content (AvgIpc) is 2.74. The lowest BCUT2D eigenvalue weighted by Crippen LogP contribution is -2.53. The van der Waals surface area contributed by atoms with Gasteiger partial charge in [0.25, 0.3) is 0 Å². The van der Waals surface area contributed by atoms with Crippen molar-refractivity contribution in [2.75, 3.05) is 13.1 Å². The van der Waals surface area contributed by atoms with Crippen molar-refractivity contribution >= 4 is 5.97 Å². The quantitative estimate of drug-likeness (QED) is 0.786. The average molecular weight is 253 g/mol. The molecule has 1 aliphatic heterocycles. The van der Waals surface area contributed by atoms with Crippen molar-refractivity contribution in [3.8, 4) is 0 Å². The van der Waals surface area contributed by atoms with E-state index in [9.17, 15) is 9.90 Å². The van der Waals surface area contributed by atoms with Crippen molar-refractivity contribution in [3.05, 3.63) is 0 Å². The molecule has 0 aromatic heterocycles. The maximum atomic E-state index is 11.9. The molecule has 18 heavy (non-hydrogen) atoms. The Bertz CT molecular complexity index is 297. The molecule has 0 bridgehead atoms. The number of nitrogens with zero attached hydrogens (tertiary/aromatic N) is 1. The molecule has 2 atom stereocenters. The molecule has 0 aromatic carbocycles. The predicted molar refractivity (Wildman–Crippen MR) is 72.6 cm³/mol. The van der Waals surface area contributed by atoms with Crippen molar-refractivity contribution in [2.45, 2.75) is 64.3 Å². The van der Waals surface area contributed by atoms with Gasteiger partial charge in [-0.25, -0.2) is 0 Å². The number of carbonyl (C=O) groups is 1. The summed E-state index contributed by atoms with van der Waals surface area (Å²) in [4.78, 5) is 14.1. The molecule has 2 fully saturated rings.